The van der Waals surface area contributed by atoms with Crippen molar-refractivity contribution in [2.75, 3.05) is 32.4 Å². The quantitative estimate of drug-likeness (QED) is 0.0359. The molecule has 3 rings (SSSR count). The molecule has 0 aliphatic rings. The molecule has 0 aliphatic carbocycles. The van der Waals surface area contributed by atoms with Crippen molar-refractivity contribution in [3.05, 3.63) is 33.7 Å². The summed E-state index contributed by atoms with van der Waals surface area (Å²) < 4.78 is 44.5. The number of ether oxygens (including phenoxy) is 6. The number of terminal acetylenes is 1. The number of rotatable bonds is 22. The van der Waals surface area contributed by atoms with Crippen molar-refractivity contribution >= 4 is 52.6 Å². The minimum Gasteiger partial charge on any atom is -0.464 e. The topological polar surface area (TPSA) is 235 Å². The number of nitrogens with one attached hydrogen (secondary N) is 2. The fraction of sp³-hybridized carbons (Fsp3) is 0.622. The van der Waals surface area contributed by atoms with E-state index in [4.69, 9.17) is 55.3 Å². The van der Waals surface area contributed by atoms with Gasteiger partial charge in [0.2, 0.25) is 5.28 Å². The molecule has 314 valence electrons. The van der Waals surface area contributed by atoms with E-state index in [9.17, 15) is 24.0 Å². The van der Waals surface area contributed by atoms with E-state index in [-0.39, 0.29) is 72.6 Å². The van der Waals surface area contributed by atoms with Gasteiger partial charge in [0.15, 0.2) is 46.8 Å². The predicted octanol–water partition coefficient (Wildman–Crippen LogP) is 4.31. The second kappa shape index (κ2) is 20.9. The second-order valence-corrected chi connectivity index (χ2v) is 14.3. The number of esters is 3. The molecule has 0 aliphatic heterocycles. The molecule has 0 saturated carbocycles. The highest BCUT2D eigenvalue weighted by atomic mass is 35.5. The van der Waals surface area contributed by atoms with Gasteiger partial charge in [0.25, 0.3) is 0 Å². The summed E-state index contributed by atoms with van der Waals surface area (Å²) in [4.78, 5) is 74.9. The first-order valence-electron chi connectivity index (χ1n) is 18.2. The Morgan fingerprint density at radius 3 is 2.37 bits per heavy atom. The van der Waals surface area contributed by atoms with Gasteiger partial charge in [-0.15, -0.1) is 6.42 Å². The van der Waals surface area contributed by atoms with Crippen LogP contribution in [-0.2, 0) is 56.0 Å². The summed E-state index contributed by atoms with van der Waals surface area (Å²) in [7, 11) is 1.34. The van der Waals surface area contributed by atoms with Crippen LogP contribution in [0, 0.1) is 31.1 Å². The average molecular weight is 823 g/mol. The lowest BCUT2D eigenvalue weighted by molar-refractivity contribution is -0.174. The Bertz CT molecular complexity index is 1950. The van der Waals surface area contributed by atoms with E-state index in [0.717, 1.165) is 12.8 Å². The number of carbonyl (C=O) groups excluding carboxylic acids is 4. The van der Waals surface area contributed by atoms with Gasteiger partial charge in [-0.2, -0.15) is 9.97 Å². The average Bonchev–Trinajstić information content (AvgIpc) is 3.70. The minimum absolute atomic E-state index is 0.0457. The van der Waals surface area contributed by atoms with Crippen LogP contribution >= 0.6 is 11.6 Å². The second-order valence-electron chi connectivity index (χ2n) is 14.0. The van der Waals surface area contributed by atoms with E-state index in [1.807, 2.05) is 13.8 Å². The van der Waals surface area contributed by atoms with Gasteiger partial charge in [-0.25, -0.2) is 14.6 Å². The molecule has 0 radical (unpaired) electrons. The van der Waals surface area contributed by atoms with Gasteiger partial charge < -0.3 is 41.8 Å². The zero-order valence-corrected chi connectivity index (χ0v) is 34.4. The van der Waals surface area contributed by atoms with Crippen LogP contribution in [0.4, 0.5) is 10.6 Å². The summed E-state index contributed by atoms with van der Waals surface area (Å²) >= 11 is 6.27. The van der Waals surface area contributed by atoms with Gasteiger partial charge in [0.1, 0.15) is 11.6 Å². The van der Waals surface area contributed by atoms with Crippen LogP contribution in [0.3, 0.4) is 0 Å². The molecule has 0 bridgehead atoms. The molecule has 3 heterocycles. The van der Waals surface area contributed by atoms with E-state index >= 15 is 0 Å². The minimum atomic E-state index is -1.65. The van der Waals surface area contributed by atoms with Gasteiger partial charge in [-0.05, 0) is 45.2 Å². The highest BCUT2D eigenvalue weighted by Gasteiger charge is 2.42. The molecule has 3 aromatic heterocycles. The first-order chi connectivity index (χ1) is 26.9. The zero-order chi connectivity index (χ0) is 42.5. The number of halogens is 1. The Labute approximate surface area is 334 Å². The third-order valence-corrected chi connectivity index (χ3v) is 8.96. The molecule has 0 aromatic carbocycles. The van der Waals surface area contributed by atoms with Crippen molar-refractivity contribution in [1.29, 1.82) is 0 Å². The van der Waals surface area contributed by atoms with Gasteiger partial charge in [0.05, 0.1) is 45.2 Å². The Morgan fingerprint density at radius 2 is 1.77 bits per heavy atom. The van der Waals surface area contributed by atoms with Gasteiger partial charge >= 0.3 is 29.8 Å². The molecular formula is C37H51ClN6O13. The van der Waals surface area contributed by atoms with Crippen LogP contribution in [-0.4, -0.2) is 93.9 Å². The lowest BCUT2D eigenvalue weighted by Gasteiger charge is -2.35. The number of aromatic nitrogens is 4. The number of nitrogens with zero attached hydrogens (tertiary/aromatic N) is 4. The van der Waals surface area contributed by atoms with Crippen molar-refractivity contribution in [2.45, 2.75) is 111 Å². The maximum absolute atomic E-state index is 13.0. The molecule has 57 heavy (non-hydrogen) atoms. The number of methoxy groups -OCH3 is 1. The number of aryl methyl sites for hydroxylation is 1. The van der Waals surface area contributed by atoms with Crippen LogP contribution in [0.25, 0.3) is 11.2 Å². The standard InChI is InChI=1S/C37H51ClN6O13/c1-11-24(12-2)16-53-32(47)22(6)40-20-51-18-37(13-3,50-10)26(56-31(46)21(4)5)15-44-19-39-28-29(41-33(38)43-30(28)44)42-34(48)57-36(8,9)14-27(45)52-17-25-23(7)54-35(49)55-25/h3,19,21-22,24,26,40H,11-12,14-18,20H2,1-2,4-10H3,(H,41,42,43,48)/t22-,26-,37?/m0/s1. The monoisotopic (exact) mass is 822 g/mol. The SMILES string of the molecule is C#CC(COCN[C@@H](C)C(=O)OCC(CC)CC)(OC)[C@H](Cn1cnc2c(NC(=O)OC(C)(C)CC(=O)OCc3oc(=O)oc3C)nc(Cl)nc21)OC(=O)C(C)C. The largest absolute Gasteiger partial charge is 0.519 e. The molecular weight excluding hydrogens is 772 g/mol. The number of imidazole rings is 1. The van der Waals surface area contributed by atoms with Crippen LogP contribution in [0.15, 0.2) is 20.0 Å². The Balaban J connectivity index is 1.74. The van der Waals surface area contributed by atoms with Gasteiger partial charge in [-0.1, -0.05) is 46.5 Å². The first kappa shape index (κ1) is 46.4. The maximum atomic E-state index is 13.0. The summed E-state index contributed by atoms with van der Waals surface area (Å²) in [6.07, 6.45) is 6.57. The lowest BCUT2D eigenvalue weighted by Crippen LogP contribution is -2.52. The number of amides is 1. The molecule has 3 aromatic rings. The van der Waals surface area contributed by atoms with E-state index < -0.39 is 59.1 Å². The van der Waals surface area contributed by atoms with Crippen LogP contribution in [0.1, 0.15) is 79.2 Å². The molecule has 2 N–H and O–H groups in total. The highest BCUT2D eigenvalue weighted by molar-refractivity contribution is 6.28. The molecule has 3 atom stereocenters. The van der Waals surface area contributed by atoms with Crippen molar-refractivity contribution in [3.8, 4) is 12.3 Å². The first-order valence-corrected chi connectivity index (χ1v) is 18.6. The fourth-order valence-electron chi connectivity index (χ4n) is 5.13. The molecule has 0 saturated heterocycles. The summed E-state index contributed by atoms with van der Waals surface area (Å²) in [6, 6.07) is -0.685. The fourth-order valence-corrected chi connectivity index (χ4v) is 5.29. The Kier molecular flexibility index (Phi) is 17.0. The van der Waals surface area contributed by atoms with Crippen molar-refractivity contribution in [2.24, 2.45) is 11.8 Å². The van der Waals surface area contributed by atoms with Crippen LogP contribution in [0.5, 0.6) is 0 Å². The highest BCUT2D eigenvalue weighted by Crippen LogP contribution is 2.27. The smallest absolute Gasteiger partial charge is 0.464 e. The molecule has 20 heteroatoms. The molecule has 0 fully saturated rings. The van der Waals surface area contributed by atoms with Gasteiger partial charge in [-0.3, -0.25) is 25.0 Å². The van der Waals surface area contributed by atoms with E-state index in [0.29, 0.717) is 6.61 Å². The van der Waals surface area contributed by atoms with Gasteiger partial charge in [0, 0.05) is 7.11 Å². The molecule has 19 nitrogen and oxygen atoms in total. The summed E-state index contributed by atoms with van der Waals surface area (Å²) in [5.41, 5.74) is -2.83. The maximum Gasteiger partial charge on any atom is 0.519 e. The predicted molar refractivity (Wildman–Crippen MR) is 203 cm³/mol. The molecule has 1 unspecified atom stereocenters. The normalized spacial score (nSPS) is 13.8. The Morgan fingerprint density at radius 1 is 1.07 bits per heavy atom. The van der Waals surface area contributed by atoms with Crippen molar-refractivity contribution in [3.63, 3.8) is 0 Å². The van der Waals surface area contributed by atoms with E-state index in [1.54, 1.807) is 20.8 Å². The number of hydrogen-bond acceptors (Lipinski definition) is 17. The number of anilines is 1. The molecule has 1 amide bonds. The Hall–Kier alpha value is -5.03. The summed E-state index contributed by atoms with van der Waals surface area (Å²) in [5, 5.41) is 5.13. The van der Waals surface area contributed by atoms with E-state index in [1.165, 1.54) is 38.8 Å². The number of hydrogen-bond donors (Lipinski definition) is 2. The third kappa shape index (κ3) is 13.3. The molecule has 0 spiro atoms. The van der Waals surface area contributed by atoms with Crippen molar-refractivity contribution < 1.29 is 56.4 Å². The summed E-state index contributed by atoms with van der Waals surface area (Å²) in [5.74, 6) is -0.321. The van der Waals surface area contributed by atoms with Crippen molar-refractivity contribution in [1.82, 2.24) is 24.8 Å². The number of fused-ring (bicyclic) bond motifs is 1. The third-order valence-electron chi connectivity index (χ3n) is 8.79. The zero-order valence-electron chi connectivity index (χ0n) is 33.6. The summed E-state index contributed by atoms with van der Waals surface area (Å²) in [6.45, 7) is 12.8. The number of carbonyl (C=O) groups is 4. The van der Waals surface area contributed by atoms with E-state index in [2.05, 4.69) is 31.5 Å². The van der Waals surface area contributed by atoms with Crippen LogP contribution < -0.4 is 16.5 Å². The van der Waals surface area contributed by atoms with Crippen LogP contribution in [0.2, 0.25) is 5.28 Å². The lowest BCUT2D eigenvalue weighted by atomic mass is 9.97.